The van der Waals surface area contributed by atoms with Crippen LogP contribution in [0.3, 0.4) is 0 Å². The van der Waals surface area contributed by atoms with E-state index in [4.69, 9.17) is 16.6 Å². The molecule has 0 saturated heterocycles. The second-order valence-electron chi connectivity index (χ2n) is 7.92. The number of fused-ring (bicyclic) bond motifs is 1. The van der Waals surface area contributed by atoms with Gasteiger partial charge < -0.3 is 10.3 Å². The highest BCUT2D eigenvalue weighted by Gasteiger charge is 2.21. The van der Waals surface area contributed by atoms with Crippen LogP contribution in [-0.2, 0) is 6.42 Å². The number of pyridine rings is 1. The van der Waals surface area contributed by atoms with Gasteiger partial charge in [0.15, 0.2) is 0 Å². The van der Waals surface area contributed by atoms with E-state index in [0.717, 1.165) is 67.0 Å². The molecule has 2 aromatic heterocycles. The number of rotatable bonds is 7. The maximum atomic E-state index is 6.26. The SMILES string of the molecule is CCCN=C(NC(C)CC)c1ccnc2cc(CC3CCC(Cl)CC3)[nH]c12. The monoisotopic (exact) mass is 388 g/mol. The minimum atomic E-state index is 0.376. The average molecular weight is 389 g/mol. The molecule has 2 heterocycles. The summed E-state index contributed by atoms with van der Waals surface area (Å²) in [4.78, 5) is 13.1. The van der Waals surface area contributed by atoms with Crippen LogP contribution in [0.25, 0.3) is 11.0 Å². The Hall–Kier alpha value is -1.55. The summed E-state index contributed by atoms with van der Waals surface area (Å²) in [6.07, 6.45) is 9.82. The van der Waals surface area contributed by atoms with Gasteiger partial charge in [0.05, 0.1) is 11.0 Å². The topological polar surface area (TPSA) is 53.1 Å². The van der Waals surface area contributed by atoms with Crippen molar-refractivity contribution < 1.29 is 0 Å². The molecule has 0 amide bonds. The molecule has 1 aliphatic carbocycles. The van der Waals surface area contributed by atoms with E-state index in [2.05, 4.69) is 48.2 Å². The molecule has 1 unspecified atom stereocenters. The molecule has 1 aliphatic rings. The Kier molecular flexibility index (Phi) is 7.17. The third-order valence-corrected chi connectivity index (χ3v) is 6.04. The van der Waals surface area contributed by atoms with E-state index in [1.54, 1.807) is 0 Å². The molecular weight excluding hydrogens is 356 g/mol. The summed E-state index contributed by atoms with van der Waals surface area (Å²) in [5, 5.41) is 3.97. The Morgan fingerprint density at radius 3 is 2.81 bits per heavy atom. The molecule has 2 aromatic rings. The van der Waals surface area contributed by atoms with Crippen molar-refractivity contribution in [3.05, 3.63) is 29.6 Å². The standard InChI is InChI=1S/C22H33ClN4/c1-4-11-25-22(26-15(3)5-2)19-10-12-24-20-14-18(27-21(19)20)13-16-6-8-17(23)9-7-16/h10,12,14-17,27H,4-9,11,13H2,1-3H3,(H,25,26). The van der Waals surface area contributed by atoms with Crippen LogP contribution in [0.4, 0.5) is 0 Å². The number of H-pyrrole nitrogens is 1. The molecule has 0 spiro atoms. The van der Waals surface area contributed by atoms with Crippen LogP contribution >= 0.6 is 11.6 Å². The Morgan fingerprint density at radius 1 is 1.33 bits per heavy atom. The minimum absolute atomic E-state index is 0.376. The highest BCUT2D eigenvalue weighted by Crippen LogP contribution is 2.30. The third-order valence-electron chi connectivity index (χ3n) is 5.61. The first kappa shape index (κ1) is 20.2. The quantitative estimate of drug-likeness (QED) is 0.376. The van der Waals surface area contributed by atoms with Gasteiger partial charge in [-0.2, -0.15) is 0 Å². The first-order valence-electron chi connectivity index (χ1n) is 10.5. The Morgan fingerprint density at radius 2 is 2.11 bits per heavy atom. The number of aromatic nitrogens is 2. The van der Waals surface area contributed by atoms with E-state index >= 15 is 0 Å². The summed E-state index contributed by atoms with van der Waals surface area (Å²) in [6, 6.07) is 4.68. The highest BCUT2D eigenvalue weighted by atomic mass is 35.5. The fourth-order valence-electron chi connectivity index (χ4n) is 3.79. The molecule has 1 atom stereocenters. The van der Waals surface area contributed by atoms with Gasteiger partial charge in [0.1, 0.15) is 5.84 Å². The molecule has 148 valence electrons. The zero-order valence-electron chi connectivity index (χ0n) is 16.9. The van der Waals surface area contributed by atoms with Crippen LogP contribution in [0.5, 0.6) is 0 Å². The van der Waals surface area contributed by atoms with Crippen LogP contribution < -0.4 is 5.32 Å². The molecule has 2 N–H and O–H groups in total. The van der Waals surface area contributed by atoms with Gasteiger partial charge in [-0.05, 0) is 69.9 Å². The van der Waals surface area contributed by atoms with E-state index in [1.165, 1.54) is 18.5 Å². The fourth-order valence-corrected chi connectivity index (χ4v) is 4.04. The predicted molar refractivity (Wildman–Crippen MR) is 116 cm³/mol. The van der Waals surface area contributed by atoms with E-state index in [1.807, 2.05) is 6.20 Å². The van der Waals surface area contributed by atoms with Gasteiger partial charge in [0.25, 0.3) is 0 Å². The van der Waals surface area contributed by atoms with Crippen LogP contribution in [0.2, 0.25) is 0 Å². The zero-order chi connectivity index (χ0) is 19.2. The number of alkyl halides is 1. The highest BCUT2D eigenvalue weighted by molar-refractivity contribution is 6.20. The maximum absolute atomic E-state index is 6.26. The van der Waals surface area contributed by atoms with Gasteiger partial charge in [-0.25, -0.2) is 0 Å². The second-order valence-corrected chi connectivity index (χ2v) is 8.54. The molecule has 1 saturated carbocycles. The lowest BCUT2D eigenvalue weighted by molar-refractivity contribution is 0.359. The molecule has 27 heavy (non-hydrogen) atoms. The smallest absolute Gasteiger partial charge is 0.130 e. The lowest BCUT2D eigenvalue weighted by Gasteiger charge is -2.24. The number of nitrogens with one attached hydrogen (secondary N) is 2. The van der Waals surface area contributed by atoms with Crippen LogP contribution in [0.15, 0.2) is 23.3 Å². The van der Waals surface area contributed by atoms with Crippen LogP contribution in [0, 0.1) is 5.92 Å². The average Bonchev–Trinajstić information content (AvgIpc) is 3.09. The number of nitrogens with zero attached hydrogens (tertiary/aromatic N) is 2. The van der Waals surface area contributed by atoms with E-state index in [0.29, 0.717) is 11.4 Å². The van der Waals surface area contributed by atoms with E-state index < -0.39 is 0 Å². The number of amidine groups is 1. The molecule has 0 radical (unpaired) electrons. The van der Waals surface area contributed by atoms with Crippen molar-refractivity contribution in [2.24, 2.45) is 10.9 Å². The lowest BCUT2D eigenvalue weighted by atomic mass is 9.86. The van der Waals surface area contributed by atoms with Crippen LogP contribution in [0.1, 0.15) is 70.6 Å². The fraction of sp³-hybridized carbons (Fsp3) is 0.636. The number of hydrogen-bond acceptors (Lipinski definition) is 2. The summed E-state index contributed by atoms with van der Waals surface area (Å²) in [5.74, 6) is 1.71. The number of halogens is 1. The largest absolute Gasteiger partial charge is 0.367 e. The van der Waals surface area contributed by atoms with Gasteiger partial charge in [-0.1, -0.05) is 13.8 Å². The Balaban J connectivity index is 1.85. The van der Waals surface area contributed by atoms with Gasteiger partial charge in [0.2, 0.25) is 0 Å². The number of aliphatic imine (C=N–C) groups is 1. The second kappa shape index (κ2) is 9.59. The summed E-state index contributed by atoms with van der Waals surface area (Å²) < 4.78 is 0. The molecular formula is C22H33ClN4. The minimum Gasteiger partial charge on any atom is -0.367 e. The predicted octanol–water partition coefficient (Wildman–Crippen LogP) is 5.45. The third kappa shape index (κ3) is 5.25. The first-order valence-corrected chi connectivity index (χ1v) is 11.0. The first-order chi connectivity index (χ1) is 13.1. The van der Waals surface area contributed by atoms with Gasteiger partial charge >= 0.3 is 0 Å². The summed E-state index contributed by atoms with van der Waals surface area (Å²) >= 11 is 6.26. The Labute approximate surface area is 168 Å². The Bertz CT molecular complexity index is 759. The van der Waals surface area contributed by atoms with E-state index in [9.17, 15) is 0 Å². The normalized spacial score (nSPS) is 22.1. The van der Waals surface area contributed by atoms with Crippen LogP contribution in [-0.4, -0.2) is 33.8 Å². The lowest BCUT2D eigenvalue weighted by Crippen LogP contribution is -2.33. The molecule has 3 rings (SSSR count). The van der Waals surface area contributed by atoms with Crippen molar-refractivity contribution >= 4 is 28.5 Å². The molecule has 5 heteroatoms. The van der Waals surface area contributed by atoms with Gasteiger partial charge in [0, 0.05) is 35.4 Å². The molecule has 0 aliphatic heterocycles. The molecule has 4 nitrogen and oxygen atoms in total. The van der Waals surface area contributed by atoms with Crippen molar-refractivity contribution in [1.82, 2.24) is 15.3 Å². The van der Waals surface area contributed by atoms with Crippen molar-refractivity contribution in [3.8, 4) is 0 Å². The zero-order valence-corrected chi connectivity index (χ0v) is 17.6. The van der Waals surface area contributed by atoms with Crippen molar-refractivity contribution in [2.45, 2.75) is 77.1 Å². The molecule has 0 aromatic carbocycles. The molecule has 0 bridgehead atoms. The molecule has 1 fully saturated rings. The summed E-state index contributed by atoms with van der Waals surface area (Å²) in [6.45, 7) is 7.39. The van der Waals surface area contributed by atoms with Gasteiger partial charge in [-0.3, -0.25) is 9.98 Å². The van der Waals surface area contributed by atoms with Gasteiger partial charge in [-0.15, -0.1) is 11.6 Å². The van der Waals surface area contributed by atoms with Crippen molar-refractivity contribution in [3.63, 3.8) is 0 Å². The maximum Gasteiger partial charge on any atom is 0.130 e. The summed E-state index contributed by atoms with van der Waals surface area (Å²) in [7, 11) is 0. The van der Waals surface area contributed by atoms with E-state index in [-0.39, 0.29) is 0 Å². The van der Waals surface area contributed by atoms with Crippen molar-refractivity contribution in [1.29, 1.82) is 0 Å². The van der Waals surface area contributed by atoms with Crippen molar-refractivity contribution in [2.75, 3.05) is 6.54 Å². The summed E-state index contributed by atoms with van der Waals surface area (Å²) in [5.41, 5.74) is 4.54. The number of aromatic amines is 1. The number of hydrogen-bond donors (Lipinski definition) is 2.